The molecule has 1 aliphatic heterocycles. The van der Waals surface area contributed by atoms with E-state index in [1.165, 1.54) is 12.8 Å². The largest absolute Gasteiger partial charge is 0.342 e. The highest BCUT2D eigenvalue weighted by atomic mass is 32.1. The van der Waals surface area contributed by atoms with Crippen LogP contribution in [0.3, 0.4) is 0 Å². The van der Waals surface area contributed by atoms with Gasteiger partial charge >= 0.3 is 0 Å². The molecule has 18 heavy (non-hydrogen) atoms. The van der Waals surface area contributed by atoms with E-state index in [0.717, 1.165) is 50.4 Å². The van der Waals surface area contributed by atoms with E-state index in [0.29, 0.717) is 5.91 Å². The van der Waals surface area contributed by atoms with E-state index in [2.05, 4.69) is 38.3 Å². The Labute approximate surface area is 118 Å². The van der Waals surface area contributed by atoms with Gasteiger partial charge in [-0.1, -0.05) is 27.2 Å². The minimum atomic E-state index is 0.213. The van der Waals surface area contributed by atoms with Crippen LogP contribution in [-0.4, -0.2) is 29.6 Å². The minimum Gasteiger partial charge on any atom is -0.342 e. The summed E-state index contributed by atoms with van der Waals surface area (Å²) in [6, 6.07) is 0. The van der Waals surface area contributed by atoms with Crippen LogP contribution in [0.5, 0.6) is 0 Å². The zero-order valence-corrected chi connectivity index (χ0v) is 13.1. The highest BCUT2D eigenvalue weighted by molar-refractivity contribution is 7.80. The number of nitrogens with zero attached hydrogens (tertiary/aromatic N) is 1. The predicted octanol–water partition coefficient (Wildman–Crippen LogP) is 3.76. The van der Waals surface area contributed by atoms with Gasteiger partial charge in [-0.15, -0.1) is 0 Å². The summed E-state index contributed by atoms with van der Waals surface area (Å²) in [5.74, 6) is 1.98. The molecule has 0 bridgehead atoms. The summed E-state index contributed by atoms with van der Waals surface area (Å²) in [6.07, 6.45) is 6.42. The van der Waals surface area contributed by atoms with Crippen molar-refractivity contribution in [3.63, 3.8) is 0 Å². The Balaban J connectivity index is 2.67. The highest BCUT2D eigenvalue weighted by Crippen LogP contribution is 2.31. The first-order valence-electron chi connectivity index (χ1n) is 7.49. The van der Waals surface area contributed by atoms with Crippen LogP contribution in [-0.2, 0) is 4.79 Å². The molecule has 1 fully saturated rings. The Hall–Kier alpha value is -0.180. The molecule has 1 atom stereocenters. The first-order valence-corrected chi connectivity index (χ1v) is 8.12. The smallest absolute Gasteiger partial charge is 0.222 e. The highest BCUT2D eigenvalue weighted by Gasteiger charge is 2.31. The fourth-order valence-corrected chi connectivity index (χ4v) is 3.37. The zero-order chi connectivity index (χ0) is 13.6. The number of likely N-dealkylation sites (tertiary alicyclic amines) is 1. The van der Waals surface area contributed by atoms with Gasteiger partial charge in [0.15, 0.2) is 0 Å². The lowest BCUT2D eigenvalue weighted by Crippen LogP contribution is -2.41. The standard InChI is InChI=1S/C15H29NOS/c1-4-13-7-8-14(17)16(10-9-13)11-15(5-2,6-3)12-18/h13,18H,4-12H2,1-3H3. The quantitative estimate of drug-likeness (QED) is 0.729. The second kappa shape index (κ2) is 7.42. The molecule has 1 heterocycles. The van der Waals surface area contributed by atoms with E-state index in [1.54, 1.807) is 0 Å². The third-order valence-corrected chi connectivity index (χ3v) is 5.54. The van der Waals surface area contributed by atoms with E-state index in [9.17, 15) is 4.79 Å². The Morgan fingerprint density at radius 2 is 1.94 bits per heavy atom. The Kier molecular flexibility index (Phi) is 6.54. The summed E-state index contributed by atoms with van der Waals surface area (Å²) < 4.78 is 0. The molecule has 0 N–H and O–H groups in total. The molecule has 0 radical (unpaired) electrons. The molecule has 0 aromatic heterocycles. The number of carbonyl (C=O) groups excluding carboxylic acids is 1. The number of amides is 1. The van der Waals surface area contributed by atoms with Gasteiger partial charge in [0.25, 0.3) is 0 Å². The zero-order valence-electron chi connectivity index (χ0n) is 12.2. The van der Waals surface area contributed by atoms with Crippen molar-refractivity contribution in [2.45, 2.75) is 59.3 Å². The van der Waals surface area contributed by atoms with E-state index in [-0.39, 0.29) is 5.41 Å². The molecular formula is C15H29NOS. The van der Waals surface area contributed by atoms with Gasteiger partial charge in [0, 0.05) is 19.5 Å². The average Bonchev–Trinajstić information content (AvgIpc) is 2.59. The maximum atomic E-state index is 12.2. The summed E-state index contributed by atoms with van der Waals surface area (Å²) in [5.41, 5.74) is 0.213. The van der Waals surface area contributed by atoms with Gasteiger partial charge in [0.1, 0.15) is 0 Å². The summed E-state index contributed by atoms with van der Waals surface area (Å²) in [5, 5.41) is 0. The molecule has 0 aromatic rings. The topological polar surface area (TPSA) is 20.3 Å². The molecule has 1 unspecified atom stereocenters. The molecule has 0 saturated carbocycles. The fourth-order valence-electron chi connectivity index (χ4n) is 2.82. The number of hydrogen-bond donors (Lipinski definition) is 1. The molecule has 0 spiro atoms. The van der Waals surface area contributed by atoms with Crippen LogP contribution >= 0.6 is 12.6 Å². The number of rotatable bonds is 6. The fraction of sp³-hybridized carbons (Fsp3) is 0.933. The molecule has 3 heteroatoms. The van der Waals surface area contributed by atoms with Crippen LogP contribution in [0.4, 0.5) is 0 Å². The van der Waals surface area contributed by atoms with Crippen LogP contribution in [0, 0.1) is 11.3 Å². The van der Waals surface area contributed by atoms with Crippen molar-refractivity contribution in [3.05, 3.63) is 0 Å². The predicted molar refractivity (Wildman–Crippen MR) is 81.1 cm³/mol. The maximum absolute atomic E-state index is 12.2. The molecule has 1 amide bonds. The third-order valence-electron chi connectivity index (χ3n) is 4.87. The molecule has 2 nitrogen and oxygen atoms in total. The molecule has 106 valence electrons. The first kappa shape index (κ1) is 15.9. The van der Waals surface area contributed by atoms with Crippen LogP contribution in [0.1, 0.15) is 59.3 Å². The van der Waals surface area contributed by atoms with E-state index in [1.807, 2.05) is 0 Å². The monoisotopic (exact) mass is 271 g/mol. The Morgan fingerprint density at radius 1 is 1.28 bits per heavy atom. The summed E-state index contributed by atoms with van der Waals surface area (Å²) >= 11 is 4.52. The molecular weight excluding hydrogens is 242 g/mol. The number of thiol groups is 1. The van der Waals surface area contributed by atoms with E-state index in [4.69, 9.17) is 0 Å². The van der Waals surface area contributed by atoms with Gasteiger partial charge in [-0.25, -0.2) is 0 Å². The minimum absolute atomic E-state index is 0.213. The van der Waals surface area contributed by atoms with Crippen molar-refractivity contribution in [1.82, 2.24) is 4.90 Å². The average molecular weight is 271 g/mol. The van der Waals surface area contributed by atoms with Crippen LogP contribution in [0.2, 0.25) is 0 Å². The molecule has 1 rings (SSSR count). The van der Waals surface area contributed by atoms with Gasteiger partial charge < -0.3 is 4.90 Å². The van der Waals surface area contributed by atoms with Crippen molar-refractivity contribution in [2.75, 3.05) is 18.8 Å². The van der Waals surface area contributed by atoms with Gasteiger partial charge in [0.2, 0.25) is 5.91 Å². The second-order valence-electron chi connectivity index (χ2n) is 5.78. The van der Waals surface area contributed by atoms with Gasteiger partial charge in [-0.3, -0.25) is 4.79 Å². The lowest BCUT2D eigenvalue weighted by molar-refractivity contribution is -0.132. The van der Waals surface area contributed by atoms with Gasteiger partial charge in [0.05, 0.1) is 0 Å². The van der Waals surface area contributed by atoms with Gasteiger partial charge in [-0.05, 0) is 42.8 Å². The number of carbonyl (C=O) groups is 1. The summed E-state index contributed by atoms with van der Waals surface area (Å²) in [6.45, 7) is 8.53. The Bertz CT molecular complexity index is 255. The van der Waals surface area contributed by atoms with Crippen molar-refractivity contribution >= 4 is 18.5 Å². The van der Waals surface area contributed by atoms with Crippen LogP contribution in [0.15, 0.2) is 0 Å². The molecule has 0 aromatic carbocycles. The first-order chi connectivity index (χ1) is 8.60. The summed E-state index contributed by atoms with van der Waals surface area (Å²) in [4.78, 5) is 14.3. The molecule has 1 saturated heterocycles. The lowest BCUT2D eigenvalue weighted by Gasteiger charge is -2.36. The van der Waals surface area contributed by atoms with E-state index < -0.39 is 0 Å². The van der Waals surface area contributed by atoms with Crippen LogP contribution < -0.4 is 0 Å². The van der Waals surface area contributed by atoms with Crippen LogP contribution in [0.25, 0.3) is 0 Å². The SMILES string of the molecule is CCC1CCC(=O)N(CC(CC)(CC)CS)CC1. The second-order valence-corrected chi connectivity index (χ2v) is 6.10. The van der Waals surface area contributed by atoms with Gasteiger partial charge in [-0.2, -0.15) is 12.6 Å². The van der Waals surface area contributed by atoms with Crippen molar-refractivity contribution < 1.29 is 4.79 Å². The van der Waals surface area contributed by atoms with Crippen molar-refractivity contribution in [2.24, 2.45) is 11.3 Å². The van der Waals surface area contributed by atoms with E-state index >= 15 is 0 Å². The molecule has 0 aliphatic carbocycles. The normalized spacial score (nSPS) is 22.1. The van der Waals surface area contributed by atoms with Crippen molar-refractivity contribution in [1.29, 1.82) is 0 Å². The van der Waals surface area contributed by atoms with Crippen molar-refractivity contribution in [3.8, 4) is 0 Å². The number of hydrogen-bond acceptors (Lipinski definition) is 2. The Morgan fingerprint density at radius 3 is 2.44 bits per heavy atom. The summed E-state index contributed by atoms with van der Waals surface area (Å²) in [7, 11) is 0. The maximum Gasteiger partial charge on any atom is 0.222 e. The lowest BCUT2D eigenvalue weighted by atomic mass is 9.83. The third kappa shape index (κ3) is 3.91. The molecule has 1 aliphatic rings.